The molecule has 1 N–H and O–H groups in total. The quantitative estimate of drug-likeness (QED) is 0.185. The van der Waals surface area contributed by atoms with Crippen LogP contribution in [0.25, 0.3) is 22.0 Å². The third kappa shape index (κ3) is 4.59. The lowest BCUT2D eigenvalue weighted by molar-refractivity contribution is -0.384. The first kappa shape index (κ1) is 24.4. The molecule has 0 bridgehead atoms. The molecule has 38 heavy (non-hydrogen) atoms. The number of fused-ring (bicyclic) bond motifs is 2. The van der Waals surface area contributed by atoms with Crippen molar-refractivity contribution in [3.05, 3.63) is 103 Å². The first-order valence-electron chi connectivity index (χ1n) is 11.4. The van der Waals surface area contributed by atoms with Crippen molar-refractivity contribution in [1.29, 1.82) is 0 Å². The smallest absolute Gasteiger partial charge is 0.349 e. The van der Waals surface area contributed by atoms with Gasteiger partial charge < -0.3 is 14.5 Å². The van der Waals surface area contributed by atoms with E-state index in [-0.39, 0.29) is 47.4 Å². The summed E-state index contributed by atoms with van der Waals surface area (Å²) in [6.07, 6.45) is 2.77. The molecule has 1 amide bonds. The summed E-state index contributed by atoms with van der Waals surface area (Å²) in [5, 5.41) is 18.5. The summed E-state index contributed by atoms with van der Waals surface area (Å²) in [7, 11) is 1.46. The largest absolute Gasteiger partial charge is 0.493 e. The molecule has 0 aliphatic heterocycles. The summed E-state index contributed by atoms with van der Waals surface area (Å²) in [6, 6.07) is 12.4. The molecule has 0 saturated heterocycles. The van der Waals surface area contributed by atoms with Crippen molar-refractivity contribution in [1.82, 2.24) is 24.6 Å². The minimum Gasteiger partial charge on any atom is -0.493 e. The highest BCUT2D eigenvalue weighted by Gasteiger charge is 2.16. The fourth-order valence-electron chi connectivity index (χ4n) is 4.00. The van der Waals surface area contributed by atoms with Crippen LogP contribution in [0.15, 0.2) is 75.1 Å². The second kappa shape index (κ2) is 9.97. The number of carbonyl (C=O) groups excluding carboxylic acids is 1. The van der Waals surface area contributed by atoms with Crippen LogP contribution in [0.5, 0.6) is 5.75 Å². The normalized spacial score (nSPS) is 11.1. The average molecular weight is 516 g/mol. The number of rotatable bonds is 8. The van der Waals surface area contributed by atoms with Gasteiger partial charge in [0, 0.05) is 24.1 Å². The number of ether oxygens (including phenoxy) is 1. The van der Waals surface area contributed by atoms with E-state index in [4.69, 9.17) is 9.15 Å². The summed E-state index contributed by atoms with van der Waals surface area (Å²) < 4.78 is 13.3. The number of para-hydroxylation sites is 1. The third-order valence-corrected chi connectivity index (χ3v) is 5.92. The molecule has 13 heteroatoms. The molecule has 0 saturated carbocycles. The lowest BCUT2D eigenvalue weighted by Gasteiger charge is -2.08. The molecule has 0 radical (unpaired) electrons. The summed E-state index contributed by atoms with van der Waals surface area (Å²) in [4.78, 5) is 52.6. The second-order valence-electron chi connectivity index (χ2n) is 8.29. The number of nitrogens with one attached hydrogen (secondary N) is 1. The van der Waals surface area contributed by atoms with Crippen LogP contribution in [0.3, 0.4) is 0 Å². The standard InChI is InChI=1S/C25H20N6O7/c1-37-20-4-2-3-16-11-18(25(34)38-21(16)20)23(32)26-9-10-30-22-19(12-28-30)24(33)29(14-27-22)13-15-5-7-17(8-6-15)31(35)36/h2-8,11-12,14H,9-10,13H2,1H3,(H,26,32). The van der Waals surface area contributed by atoms with Crippen LogP contribution in [0.4, 0.5) is 5.69 Å². The maximum Gasteiger partial charge on any atom is 0.349 e. The first-order valence-corrected chi connectivity index (χ1v) is 11.4. The summed E-state index contributed by atoms with van der Waals surface area (Å²) in [5.74, 6) is -0.227. The zero-order valence-corrected chi connectivity index (χ0v) is 20.0. The zero-order valence-electron chi connectivity index (χ0n) is 20.0. The van der Waals surface area contributed by atoms with Gasteiger partial charge in [-0.1, -0.05) is 24.3 Å². The van der Waals surface area contributed by atoms with E-state index in [2.05, 4.69) is 15.4 Å². The van der Waals surface area contributed by atoms with Crippen molar-refractivity contribution < 1.29 is 18.9 Å². The third-order valence-electron chi connectivity index (χ3n) is 5.92. The number of nitro groups is 1. The lowest BCUT2D eigenvalue weighted by Crippen LogP contribution is -2.31. The van der Waals surface area contributed by atoms with Gasteiger partial charge in [0.1, 0.15) is 17.3 Å². The fourth-order valence-corrected chi connectivity index (χ4v) is 4.00. The fraction of sp³-hybridized carbons (Fsp3) is 0.160. The van der Waals surface area contributed by atoms with Crippen LogP contribution in [0.1, 0.15) is 15.9 Å². The Morgan fingerprint density at radius 1 is 1.18 bits per heavy atom. The van der Waals surface area contributed by atoms with Crippen molar-refractivity contribution in [2.24, 2.45) is 0 Å². The van der Waals surface area contributed by atoms with Gasteiger partial charge in [-0.15, -0.1) is 0 Å². The summed E-state index contributed by atoms with van der Waals surface area (Å²) in [5.41, 5.74) is -0.0165. The van der Waals surface area contributed by atoms with Gasteiger partial charge in [0.2, 0.25) is 0 Å². The number of hydrogen-bond donors (Lipinski definition) is 1. The Morgan fingerprint density at radius 2 is 1.97 bits per heavy atom. The molecular weight excluding hydrogens is 496 g/mol. The maximum atomic E-state index is 12.9. The summed E-state index contributed by atoms with van der Waals surface area (Å²) in [6.45, 7) is 0.487. The number of amides is 1. The van der Waals surface area contributed by atoms with Crippen LogP contribution in [0.2, 0.25) is 0 Å². The topological polar surface area (TPSA) is 164 Å². The van der Waals surface area contributed by atoms with Gasteiger partial charge in [-0.3, -0.25) is 24.3 Å². The minimum absolute atomic E-state index is 0.0373. The van der Waals surface area contributed by atoms with E-state index in [9.17, 15) is 24.5 Å². The predicted octanol–water partition coefficient (Wildman–Crippen LogP) is 2.09. The number of benzene rings is 2. The van der Waals surface area contributed by atoms with Gasteiger partial charge in [-0.25, -0.2) is 14.5 Å². The Hall–Kier alpha value is -5.33. The minimum atomic E-state index is -0.792. The first-order chi connectivity index (χ1) is 18.4. The van der Waals surface area contributed by atoms with Crippen molar-refractivity contribution in [2.75, 3.05) is 13.7 Å². The van der Waals surface area contributed by atoms with Crippen molar-refractivity contribution >= 4 is 33.6 Å². The molecule has 0 unspecified atom stereocenters. The molecule has 3 heterocycles. The van der Waals surface area contributed by atoms with Crippen molar-refractivity contribution in [2.45, 2.75) is 13.1 Å². The highest BCUT2D eigenvalue weighted by molar-refractivity contribution is 5.97. The van der Waals surface area contributed by atoms with E-state index < -0.39 is 16.5 Å². The van der Waals surface area contributed by atoms with Gasteiger partial charge in [-0.05, 0) is 17.7 Å². The molecule has 0 fully saturated rings. The van der Waals surface area contributed by atoms with E-state index >= 15 is 0 Å². The van der Waals surface area contributed by atoms with Crippen LogP contribution >= 0.6 is 0 Å². The van der Waals surface area contributed by atoms with Gasteiger partial charge >= 0.3 is 5.63 Å². The Kier molecular flexibility index (Phi) is 6.39. The number of nitrogens with zero attached hydrogens (tertiary/aromatic N) is 5. The summed E-state index contributed by atoms with van der Waals surface area (Å²) >= 11 is 0. The van der Waals surface area contributed by atoms with Gasteiger partial charge in [0.15, 0.2) is 17.0 Å². The molecule has 2 aromatic carbocycles. The molecule has 0 atom stereocenters. The molecule has 0 aliphatic rings. The lowest BCUT2D eigenvalue weighted by atomic mass is 10.1. The SMILES string of the molecule is COc1cccc2cc(C(=O)NCCn3ncc4c(=O)n(Cc5ccc([N+](=O)[O-])cc5)cnc43)c(=O)oc12. The molecule has 192 valence electrons. The number of aromatic nitrogens is 4. The van der Waals surface area contributed by atoms with E-state index in [0.717, 1.165) is 0 Å². The number of hydrogen-bond acceptors (Lipinski definition) is 9. The number of non-ortho nitro benzene ring substituents is 1. The molecule has 3 aromatic heterocycles. The van der Waals surface area contributed by atoms with Crippen LogP contribution < -0.4 is 21.2 Å². The molecule has 5 aromatic rings. The Bertz CT molecular complexity index is 1800. The van der Waals surface area contributed by atoms with Crippen LogP contribution in [-0.2, 0) is 13.1 Å². The Labute approximate surface area is 213 Å². The predicted molar refractivity (Wildman–Crippen MR) is 135 cm³/mol. The highest BCUT2D eigenvalue weighted by Crippen LogP contribution is 2.24. The number of nitro benzene ring substituents is 1. The average Bonchev–Trinajstić information content (AvgIpc) is 3.33. The maximum absolute atomic E-state index is 12.9. The van der Waals surface area contributed by atoms with Crippen molar-refractivity contribution in [3.63, 3.8) is 0 Å². The second-order valence-corrected chi connectivity index (χ2v) is 8.29. The highest BCUT2D eigenvalue weighted by atomic mass is 16.6. The molecule has 0 aliphatic carbocycles. The monoisotopic (exact) mass is 516 g/mol. The molecule has 0 spiro atoms. The van der Waals surface area contributed by atoms with E-state index in [1.807, 2.05) is 0 Å². The van der Waals surface area contributed by atoms with E-state index in [0.29, 0.717) is 22.3 Å². The van der Waals surface area contributed by atoms with Gasteiger partial charge in [0.25, 0.3) is 17.2 Å². The molecular formula is C25H20N6O7. The van der Waals surface area contributed by atoms with Gasteiger partial charge in [-0.2, -0.15) is 5.10 Å². The molecule has 5 rings (SSSR count). The zero-order chi connectivity index (χ0) is 26.8. The Morgan fingerprint density at radius 3 is 2.71 bits per heavy atom. The van der Waals surface area contributed by atoms with E-state index in [1.54, 1.807) is 30.3 Å². The number of carbonyl (C=O) groups is 1. The van der Waals surface area contributed by atoms with Gasteiger partial charge in [0.05, 0.1) is 31.3 Å². The molecule has 13 nitrogen and oxygen atoms in total. The van der Waals surface area contributed by atoms with Crippen LogP contribution in [-0.4, -0.2) is 43.8 Å². The van der Waals surface area contributed by atoms with Crippen LogP contribution in [0, 0.1) is 10.1 Å². The Balaban J connectivity index is 1.28. The van der Waals surface area contributed by atoms with Crippen molar-refractivity contribution in [3.8, 4) is 5.75 Å². The number of methoxy groups -OCH3 is 1. The van der Waals surface area contributed by atoms with E-state index in [1.165, 1.54) is 47.1 Å².